The molecule has 0 aliphatic heterocycles. The van der Waals surface area contributed by atoms with Gasteiger partial charge in [0.1, 0.15) is 0 Å². The minimum Gasteiger partial charge on any atom is -0.334 e. The van der Waals surface area contributed by atoms with Crippen LogP contribution in [-0.2, 0) is 7.05 Å². The van der Waals surface area contributed by atoms with Crippen LogP contribution in [0.3, 0.4) is 0 Å². The van der Waals surface area contributed by atoms with Crippen LogP contribution in [0.5, 0.6) is 0 Å². The van der Waals surface area contributed by atoms with Crippen molar-refractivity contribution in [2.45, 2.75) is 0 Å². The van der Waals surface area contributed by atoms with E-state index < -0.39 is 0 Å². The van der Waals surface area contributed by atoms with E-state index in [1.165, 1.54) is 0 Å². The largest absolute Gasteiger partial charge is 0.334 e. The van der Waals surface area contributed by atoms with Crippen molar-refractivity contribution in [3.63, 3.8) is 0 Å². The Morgan fingerprint density at radius 2 is 2.27 bits per heavy atom. The molecule has 56 valence electrons. The average molecular weight is 169 g/mol. The van der Waals surface area contributed by atoms with Gasteiger partial charge in [-0.3, -0.25) is 0 Å². The monoisotopic (exact) mass is 168 g/mol. The molecule has 0 aliphatic carbocycles. The van der Waals surface area contributed by atoms with Gasteiger partial charge in [0.2, 0.25) is 0 Å². The topological polar surface area (TPSA) is 43.6 Å². The third kappa shape index (κ3) is 0.867. The molecule has 0 N–H and O–H groups in total. The lowest BCUT2D eigenvalue weighted by Gasteiger charge is -1.91. The summed E-state index contributed by atoms with van der Waals surface area (Å²) in [5, 5.41) is 12.2. The molecular weight excluding hydrogens is 164 g/mol. The molecule has 0 amide bonds. The van der Waals surface area contributed by atoms with Gasteiger partial charge >= 0.3 is 0 Å². The maximum Gasteiger partial charge on any atom is 0.167 e. The summed E-state index contributed by atoms with van der Waals surface area (Å²) in [5.41, 5.74) is 0.755. The summed E-state index contributed by atoms with van der Waals surface area (Å²) < 4.78 is 1.84. The van der Waals surface area contributed by atoms with Crippen molar-refractivity contribution in [2.24, 2.45) is 7.05 Å². The number of hydrogen-bond donors (Lipinski definition) is 0. The third-order valence-electron chi connectivity index (χ3n) is 1.53. The van der Waals surface area contributed by atoms with E-state index in [0.717, 1.165) is 11.0 Å². The van der Waals surface area contributed by atoms with Gasteiger partial charge in [-0.25, -0.2) is 0 Å². The Morgan fingerprint density at radius 1 is 1.45 bits per heavy atom. The van der Waals surface area contributed by atoms with Crippen LogP contribution in [0.4, 0.5) is 0 Å². The smallest absolute Gasteiger partial charge is 0.167 e. The SMILES string of the molecule is Cn1ccc2c(Cl)nnnc21. The highest BCUT2D eigenvalue weighted by Gasteiger charge is 2.03. The highest BCUT2D eigenvalue weighted by atomic mass is 35.5. The molecule has 0 unspecified atom stereocenters. The predicted molar refractivity (Wildman–Crippen MR) is 41.3 cm³/mol. The van der Waals surface area contributed by atoms with Crippen LogP contribution in [0, 0.1) is 0 Å². The summed E-state index contributed by atoms with van der Waals surface area (Å²) in [5.74, 6) is 0. The maximum atomic E-state index is 5.74. The first-order valence-corrected chi connectivity index (χ1v) is 3.47. The van der Waals surface area contributed by atoms with Crippen molar-refractivity contribution in [3.05, 3.63) is 17.4 Å². The summed E-state index contributed by atoms with van der Waals surface area (Å²) in [6, 6.07) is 1.86. The van der Waals surface area contributed by atoms with Crippen molar-refractivity contribution in [1.29, 1.82) is 0 Å². The molecular formula is C6H5ClN4. The summed E-state index contributed by atoms with van der Waals surface area (Å²) in [7, 11) is 1.88. The van der Waals surface area contributed by atoms with E-state index in [1.54, 1.807) is 0 Å². The molecule has 2 rings (SSSR count). The zero-order valence-electron chi connectivity index (χ0n) is 5.82. The van der Waals surface area contributed by atoms with Crippen LogP contribution in [0.15, 0.2) is 12.3 Å². The molecule has 0 bridgehead atoms. The summed E-state index contributed by atoms with van der Waals surface area (Å²) in [6.07, 6.45) is 1.87. The molecule has 0 aromatic carbocycles. The number of aromatic nitrogens is 4. The average Bonchev–Trinajstić information content (AvgIpc) is 2.35. The number of halogens is 1. The highest BCUT2D eigenvalue weighted by molar-refractivity contribution is 6.33. The first-order valence-electron chi connectivity index (χ1n) is 3.09. The minimum atomic E-state index is 0.399. The fourth-order valence-corrected chi connectivity index (χ4v) is 1.15. The van der Waals surface area contributed by atoms with Crippen LogP contribution in [0.25, 0.3) is 11.0 Å². The number of rotatable bonds is 0. The van der Waals surface area contributed by atoms with E-state index in [4.69, 9.17) is 11.6 Å². The second-order valence-corrected chi connectivity index (χ2v) is 2.60. The molecule has 11 heavy (non-hydrogen) atoms. The van der Waals surface area contributed by atoms with Crippen molar-refractivity contribution < 1.29 is 0 Å². The molecule has 2 aromatic rings. The fourth-order valence-electron chi connectivity index (χ4n) is 0.965. The van der Waals surface area contributed by atoms with Crippen LogP contribution >= 0.6 is 11.6 Å². The van der Waals surface area contributed by atoms with Gasteiger partial charge < -0.3 is 4.57 Å². The fraction of sp³-hybridized carbons (Fsp3) is 0.167. The van der Waals surface area contributed by atoms with E-state index in [1.807, 2.05) is 23.9 Å². The molecule has 0 atom stereocenters. The molecule has 0 spiro atoms. The lowest BCUT2D eigenvalue weighted by atomic mass is 10.4. The van der Waals surface area contributed by atoms with E-state index in [2.05, 4.69) is 15.4 Å². The van der Waals surface area contributed by atoms with Crippen LogP contribution in [-0.4, -0.2) is 20.0 Å². The van der Waals surface area contributed by atoms with Gasteiger partial charge in [0.05, 0.1) is 5.39 Å². The second kappa shape index (κ2) is 2.17. The Labute approximate surface area is 67.8 Å². The van der Waals surface area contributed by atoms with Crippen molar-refractivity contribution in [1.82, 2.24) is 20.0 Å². The standard InChI is InChI=1S/C6H5ClN4/c1-11-3-2-4-5(7)8-10-9-6(4)11/h2-3H,1H3. The Kier molecular flexibility index (Phi) is 1.29. The maximum absolute atomic E-state index is 5.74. The van der Waals surface area contributed by atoms with Gasteiger partial charge in [-0.2, -0.15) is 0 Å². The normalized spacial score (nSPS) is 10.7. The molecule has 0 saturated heterocycles. The highest BCUT2D eigenvalue weighted by Crippen LogP contribution is 2.17. The lowest BCUT2D eigenvalue weighted by Crippen LogP contribution is -1.92. The Balaban J connectivity index is 2.94. The van der Waals surface area contributed by atoms with Crippen molar-refractivity contribution >= 4 is 22.6 Å². The van der Waals surface area contributed by atoms with Gasteiger partial charge in [-0.15, -0.1) is 10.2 Å². The summed E-state index contributed by atoms with van der Waals surface area (Å²) in [6.45, 7) is 0. The first kappa shape index (κ1) is 6.54. The van der Waals surface area contributed by atoms with Crippen molar-refractivity contribution in [2.75, 3.05) is 0 Å². The minimum absolute atomic E-state index is 0.399. The zero-order chi connectivity index (χ0) is 7.84. The predicted octanol–water partition coefficient (Wildman–Crippen LogP) is 1.02. The molecule has 4 nitrogen and oxygen atoms in total. The van der Waals surface area contributed by atoms with Gasteiger partial charge in [0, 0.05) is 13.2 Å². The van der Waals surface area contributed by atoms with E-state index >= 15 is 0 Å². The molecule has 0 aliphatic rings. The number of aryl methyl sites for hydroxylation is 1. The molecule has 0 radical (unpaired) electrons. The van der Waals surface area contributed by atoms with Gasteiger partial charge in [0.15, 0.2) is 10.8 Å². The molecule has 0 saturated carbocycles. The van der Waals surface area contributed by atoms with Gasteiger partial charge in [-0.05, 0) is 11.3 Å². The molecule has 2 heterocycles. The zero-order valence-corrected chi connectivity index (χ0v) is 6.58. The van der Waals surface area contributed by atoms with E-state index in [0.29, 0.717) is 5.15 Å². The Morgan fingerprint density at radius 3 is 3.00 bits per heavy atom. The molecule has 2 aromatic heterocycles. The first-order chi connectivity index (χ1) is 5.29. The summed E-state index contributed by atoms with van der Waals surface area (Å²) in [4.78, 5) is 0. The van der Waals surface area contributed by atoms with Gasteiger partial charge in [-0.1, -0.05) is 11.6 Å². The van der Waals surface area contributed by atoms with Crippen molar-refractivity contribution in [3.8, 4) is 0 Å². The quantitative estimate of drug-likeness (QED) is 0.590. The molecule has 5 heteroatoms. The summed E-state index contributed by atoms with van der Waals surface area (Å²) >= 11 is 5.74. The van der Waals surface area contributed by atoms with Crippen LogP contribution < -0.4 is 0 Å². The van der Waals surface area contributed by atoms with E-state index in [-0.39, 0.29) is 0 Å². The Hall–Kier alpha value is -1.16. The number of hydrogen-bond acceptors (Lipinski definition) is 3. The van der Waals surface area contributed by atoms with Gasteiger partial charge in [0.25, 0.3) is 0 Å². The van der Waals surface area contributed by atoms with Crippen LogP contribution in [0.1, 0.15) is 0 Å². The third-order valence-corrected chi connectivity index (χ3v) is 1.81. The number of fused-ring (bicyclic) bond motifs is 1. The van der Waals surface area contributed by atoms with E-state index in [9.17, 15) is 0 Å². The number of nitrogens with zero attached hydrogens (tertiary/aromatic N) is 4. The van der Waals surface area contributed by atoms with Crippen LogP contribution in [0.2, 0.25) is 5.15 Å². The second-order valence-electron chi connectivity index (χ2n) is 2.24. The molecule has 0 fully saturated rings. The lowest BCUT2D eigenvalue weighted by molar-refractivity contribution is 0.851. The Bertz CT molecular complexity index is 394.